The van der Waals surface area contributed by atoms with E-state index in [9.17, 15) is 22.8 Å². The van der Waals surface area contributed by atoms with Crippen LogP contribution < -0.4 is 5.32 Å². The molecule has 1 N–H and O–H groups in total. The summed E-state index contributed by atoms with van der Waals surface area (Å²) < 4.78 is 38.6. The smallest absolute Gasteiger partial charge is 0.405 e. The second-order valence-electron chi connectivity index (χ2n) is 4.18. The van der Waals surface area contributed by atoms with Crippen LogP contribution in [0.4, 0.5) is 13.2 Å². The first-order valence-electron chi connectivity index (χ1n) is 4.86. The quantitative estimate of drug-likeness (QED) is 0.636. The number of amides is 1. The highest BCUT2D eigenvalue weighted by Gasteiger charge is 2.69. The molecule has 1 atom stereocenters. The van der Waals surface area contributed by atoms with Crippen molar-refractivity contribution in [3.05, 3.63) is 0 Å². The van der Waals surface area contributed by atoms with Gasteiger partial charge in [-0.1, -0.05) is 0 Å². The predicted octanol–water partition coefficient (Wildman–Crippen LogP) is 1.79. The van der Waals surface area contributed by atoms with Gasteiger partial charge in [0.25, 0.3) is 5.91 Å². The van der Waals surface area contributed by atoms with Crippen molar-refractivity contribution in [1.82, 2.24) is 5.32 Å². The average molecular weight is 308 g/mol. The SMILES string of the molecule is CC1(C(=O)OCC(=O)NCC(F)(F)F)CC1(Cl)Cl. The molecule has 0 aliphatic heterocycles. The first-order valence-corrected chi connectivity index (χ1v) is 5.62. The molecule has 0 spiro atoms. The van der Waals surface area contributed by atoms with Gasteiger partial charge in [-0.15, -0.1) is 23.2 Å². The zero-order valence-corrected chi connectivity index (χ0v) is 10.7. The minimum atomic E-state index is -4.51. The van der Waals surface area contributed by atoms with Gasteiger partial charge in [-0.05, 0) is 6.92 Å². The number of nitrogens with one attached hydrogen (secondary N) is 1. The number of hydrogen-bond donors (Lipinski definition) is 1. The van der Waals surface area contributed by atoms with Crippen molar-refractivity contribution in [2.45, 2.75) is 23.9 Å². The molecule has 1 saturated carbocycles. The zero-order chi connectivity index (χ0) is 14.2. The van der Waals surface area contributed by atoms with E-state index in [4.69, 9.17) is 23.2 Å². The molecule has 0 aromatic carbocycles. The van der Waals surface area contributed by atoms with Gasteiger partial charge in [-0.3, -0.25) is 9.59 Å². The van der Waals surface area contributed by atoms with Gasteiger partial charge in [0.15, 0.2) is 6.61 Å². The topological polar surface area (TPSA) is 55.4 Å². The zero-order valence-electron chi connectivity index (χ0n) is 9.24. The fourth-order valence-corrected chi connectivity index (χ4v) is 1.85. The maximum atomic E-state index is 11.8. The summed E-state index contributed by atoms with van der Waals surface area (Å²) in [5, 5.41) is 1.56. The Morgan fingerprint density at radius 3 is 2.28 bits per heavy atom. The summed E-state index contributed by atoms with van der Waals surface area (Å²) in [4.78, 5) is 22.4. The molecule has 0 saturated heterocycles. The normalized spacial score (nSPS) is 25.4. The predicted molar refractivity (Wildman–Crippen MR) is 57.2 cm³/mol. The Balaban J connectivity index is 2.30. The minimum Gasteiger partial charge on any atom is -0.455 e. The van der Waals surface area contributed by atoms with Crippen LogP contribution in [0.2, 0.25) is 0 Å². The van der Waals surface area contributed by atoms with Gasteiger partial charge >= 0.3 is 12.1 Å². The maximum Gasteiger partial charge on any atom is 0.405 e. The molecule has 18 heavy (non-hydrogen) atoms. The van der Waals surface area contributed by atoms with Gasteiger partial charge in [0.1, 0.15) is 16.3 Å². The number of esters is 1. The molecule has 1 fully saturated rings. The molecule has 104 valence electrons. The van der Waals surface area contributed by atoms with Crippen LogP contribution in [-0.4, -0.2) is 35.5 Å². The van der Waals surface area contributed by atoms with Crippen molar-refractivity contribution in [2.24, 2.45) is 5.41 Å². The van der Waals surface area contributed by atoms with Gasteiger partial charge < -0.3 is 10.1 Å². The van der Waals surface area contributed by atoms with Crippen molar-refractivity contribution in [2.75, 3.05) is 13.2 Å². The molecule has 0 aromatic rings. The summed E-state index contributed by atoms with van der Waals surface area (Å²) in [5.41, 5.74) is -1.11. The van der Waals surface area contributed by atoms with E-state index in [-0.39, 0.29) is 6.42 Å². The average Bonchev–Trinajstić information content (AvgIpc) is 2.72. The first kappa shape index (κ1) is 15.4. The molecule has 1 amide bonds. The maximum absolute atomic E-state index is 11.8. The van der Waals surface area contributed by atoms with Crippen molar-refractivity contribution in [1.29, 1.82) is 0 Å². The van der Waals surface area contributed by atoms with Crippen LogP contribution in [0.15, 0.2) is 0 Å². The summed E-state index contributed by atoms with van der Waals surface area (Å²) in [6.45, 7) is -0.826. The van der Waals surface area contributed by atoms with Gasteiger partial charge in [-0.25, -0.2) is 0 Å². The second kappa shape index (κ2) is 4.77. The molecule has 1 aliphatic carbocycles. The minimum absolute atomic E-state index is 0.173. The largest absolute Gasteiger partial charge is 0.455 e. The van der Waals surface area contributed by atoms with E-state index in [1.165, 1.54) is 6.92 Å². The van der Waals surface area contributed by atoms with Crippen molar-refractivity contribution >= 4 is 35.1 Å². The highest BCUT2D eigenvalue weighted by Crippen LogP contribution is 2.64. The fraction of sp³-hybridized carbons (Fsp3) is 0.778. The Bertz CT molecular complexity index is 373. The molecule has 9 heteroatoms. The van der Waals surface area contributed by atoms with E-state index in [1.54, 1.807) is 5.32 Å². The third-order valence-electron chi connectivity index (χ3n) is 2.53. The van der Waals surface area contributed by atoms with Gasteiger partial charge in [0.05, 0.1) is 0 Å². The lowest BCUT2D eigenvalue weighted by Gasteiger charge is -2.12. The number of ether oxygens (including phenoxy) is 1. The fourth-order valence-electron chi connectivity index (χ4n) is 1.16. The Morgan fingerprint density at radius 2 is 1.89 bits per heavy atom. The first-order chi connectivity index (χ1) is 7.98. The summed E-state index contributed by atoms with van der Waals surface area (Å²) in [6, 6.07) is 0. The molecule has 4 nitrogen and oxygen atoms in total. The third-order valence-corrected chi connectivity index (χ3v) is 3.63. The second-order valence-corrected chi connectivity index (χ2v) is 5.67. The van der Waals surface area contributed by atoms with Crippen LogP contribution in [0, 0.1) is 5.41 Å². The molecule has 0 heterocycles. The molecule has 1 rings (SSSR count). The van der Waals surface area contributed by atoms with E-state index >= 15 is 0 Å². The lowest BCUT2D eigenvalue weighted by Crippen LogP contribution is -2.37. The molecule has 1 aliphatic rings. The Kier molecular flexibility index (Phi) is 4.07. The van der Waals surface area contributed by atoms with E-state index in [2.05, 4.69) is 4.74 Å². The van der Waals surface area contributed by atoms with Crippen molar-refractivity contribution < 1.29 is 27.5 Å². The van der Waals surface area contributed by atoms with Crippen molar-refractivity contribution in [3.8, 4) is 0 Å². The van der Waals surface area contributed by atoms with Crippen LogP contribution in [0.1, 0.15) is 13.3 Å². The summed E-state index contributed by atoms with van der Waals surface area (Å²) in [7, 11) is 0. The summed E-state index contributed by atoms with van der Waals surface area (Å²) in [5.74, 6) is -1.85. The highest BCUT2D eigenvalue weighted by atomic mass is 35.5. The van der Waals surface area contributed by atoms with Crippen LogP contribution >= 0.6 is 23.2 Å². The summed E-state index contributed by atoms with van der Waals surface area (Å²) >= 11 is 11.4. The number of alkyl halides is 5. The van der Waals surface area contributed by atoms with Crippen LogP contribution in [0.25, 0.3) is 0 Å². The molecular formula is C9H10Cl2F3NO3. The standard InChI is InChI=1S/C9H10Cl2F3NO3/c1-7(3-8(7,10)11)6(17)18-2-5(16)15-4-9(12,13)14/h2-4H2,1H3,(H,15,16). The van der Waals surface area contributed by atoms with Crippen LogP contribution in [0.3, 0.4) is 0 Å². The number of carbonyl (C=O) groups is 2. The van der Waals surface area contributed by atoms with E-state index in [1.807, 2.05) is 0 Å². The third kappa shape index (κ3) is 3.65. The van der Waals surface area contributed by atoms with Gasteiger partial charge in [-0.2, -0.15) is 13.2 Å². The van der Waals surface area contributed by atoms with E-state index < -0.39 is 41.0 Å². The molecular weight excluding hydrogens is 298 g/mol. The van der Waals surface area contributed by atoms with E-state index in [0.717, 1.165) is 0 Å². The lowest BCUT2D eigenvalue weighted by molar-refractivity contribution is -0.155. The monoisotopic (exact) mass is 307 g/mol. The highest BCUT2D eigenvalue weighted by molar-refractivity contribution is 6.53. The van der Waals surface area contributed by atoms with Gasteiger partial charge in [0.2, 0.25) is 0 Å². The number of hydrogen-bond acceptors (Lipinski definition) is 3. The lowest BCUT2D eigenvalue weighted by atomic mass is 10.1. The number of rotatable bonds is 4. The molecule has 0 aromatic heterocycles. The summed E-state index contributed by atoms with van der Waals surface area (Å²) in [6.07, 6.45) is -4.34. The molecule has 1 unspecified atom stereocenters. The number of halogens is 5. The number of carbonyl (C=O) groups excluding carboxylic acids is 2. The Hall–Kier alpha value is -0.690. The van der Waals surface area contributed by atoms with Crippen LogP contribution in [-0.2, 0) is 14.3 Å². The van der Waals surface area contributed by atoms with Crippen LogP contribution in [0.5, 0.6) is 0 Å². The van der Waals surface area contributed by atoms with Gasteiger partial charge in [0, 0.05) is 6.42 Å². The van der Waals surface area contributed by atoms with Crippen molar-refractivity contribution in [3.63, 3.8) is 0 Å². The molecule has 0 radical (unpaired) electrons. The Morgan fingerprint density at radius 1 is 1.39 bits per heavy atom. The Labute approximate surface area is 111 Å². The molecule has 0 bridgehead atoms. The van der Waals surface area contributed by atoms with E-state index in [0.29, 0.717) is 0 Å².